The second-order valence-electron chi connectivity index (χ2n) is 8.32. The molecule has 0 radical (unpaired) electrons. The van der Waals surface area contributed by atoms with Crippen LogP contribution in [0, 0.1) is 0 Å². The van der Waals surface area contributed by atoms with Crippen LogP contribution in [0.3, 0.4) is 0 Å². The van der Waals surface area contributed by atoms with E-state index in [4.69, 9.17) is 9.73 Å². The molecule has 2 fully saturated rings. The van der Waals surface area contributed by atoms with Crippen LogP contribution in [0.25, 0.3) is 23.2 Å². The van der Waals surface area contributed by atoms with E-state index >= 15 is 0 Å². The van der Waals surface area contributed by atoms with Gasteiger partial charge < -0.3 is 9.72 Å². The predicted octanol–water partition coefficient (Wildman–Crippen LogP) is 3.85. The Kier molecular flexibility index (Phi) is 6.24. The number of nitrogens with zero attached hydrogens (tertiary/aromatic N) is 4. The number of fused-ring (bicyclic) bond motifs is 1. The van der Waals surface area contributed by atoms with Crippen molar-refractivity contribution in [3.8, 4) is 0 Å². The number of ether oxygens (including phenoxy) is 1. The number of anilines is 1. The number of aromatic nitrogens is 2. The number of urea groups is 1. The lowest BCUT2D eigenvalue weighted by molar-refractivity contribution is 0.0394. The molecule has 2 N–H and O–H groups in total. The van der Waals surface area contributed by atoms with E-state index in [1.54, 1.807) is 23.4 Å². The number of rotatable bonds is 7. The first kappa shape index (κ1) is 22.1. The van der Waals surface area contributed by atoms with E-state index in [-0.39, 0.29) is 12.1 Å². The number of amidine groups is 1. The zero-order valence-electron chi connectivity index (χ0n) is 19.0. The van der Waals surface area contributed by atoms with Gasteiger partial charge in [-0.15, -0.1) is 0 Å². The molecule has 0 aliphatic carbocycles. The van der Waals surface area contributed by atoms with Gasteiger partial charge in [-0.1, -0.05) is 37.4 Å². The van der Waals surface area contributed by atoms with Crippen LogP contribution in [-0.4, -0.2) is 66.1 Å². The SMILES string of the molecule is C=Cc1ccc(C2C(=NCCN3CCOCC3)NC(=O)N2c2ccc3nc[nH]c3c2)cc1C=C. The van der Waals surface area contributed by atoms with Gasteiger partial charge in [-0.05, 0) is 41.0 Å². The third-order valence-electron chi connectivity index (χ3n) is 6.32. The number of H-pyrrole nitrogens is 1. The Morgan fingerprint density at radius 3 is 2.74 bits per heavy atom. The number of amides is 2. The van der Waals surface area contributed by atoms with E-state index in [0.717, 1.165) is 66.3 Å². The molecule has 2 saturated heterocycles. The highest BCUT2D eigenvalue weighted by molar-refractivity contribution is 6.17. The zero-order valence-corrected chi connectivity index (χ0v) is 19.0. The predicted molar refractivity (Wildman–Crippen MR) is 136 cm³/mol. The molecule has 174 valence electrons. The molecular weight excluding hydrogens is 428 g/mol. The summed E-state index contributed by atoms with van der Waals surface area (Å²) in [5.41, 5.74) is 5.40. The van der Waals surface area contributed by atoms with Gasteiger partial charge in [-0.2, -0.15) is 0 Å². The molecule has 8 heteroatoms. The normalized spacial score (nSPS) is 20.1. The van der Waals surface area contributed by atoms with Crippen molar-refractivity contribution in [3.63, 3.8) is 0 Å². The minimum absolute atomic E-state index is 0.207. The summed E-state index contributed by atoms with van der Waals surface area (Å²) in [4.78, 5) is 29.6. The molecule has 1 atom stereocenters. The van der Waals surface area contributed by atoms with Crippen molar-refractivity contribution in [1.29, 1.82) is 0 Å². The van der Waals surface area contributed by atoms with E-state index in [1.165, 1.54) is 0 Å². The molecule has 0 saturated carbocycles. The standard InChI is InChI=1S/C26H28N6O2/c1-3-18-5-6-20(15-19(18)4-2)24-25(27-9-10-31-11-13-34-14-12-31)30-26(33)32(24)21-7-8-22-23(16-21)29-17-28-22/h3-8,15-17,24H,1-2,9-14H2,(H,28,29)(H,27,30,33). The van der Waals surface area contributed by atoms with Gasteiger partial charge >= 0.3 is 6.03 Å². The van der Waals surface area contributed by atoms with Crippen LogP contribution >= 0.6 is 0 Å². The first-order chi connectivity index (χ1) is 16.7. The van der Waals surface area contributed by atoms with Crippen molar-refractivity contribution in [1.82, 2.24) is 20.2 Å². The van der Waals surface area contributed by atoms with Crippen LogP contribution < -0.4 is 10.2 Å². The average Bonchev–Trinajstić information content (AvgIpc) is 3.47. The Morgan fingerprint density at radius 2 is 1.94 bits per heavy atom. The maximum Gasteiger partial charge on any atom is 0.328 e. The molecular formula is C26H28N6O2. The van der Waals surface area contributed by atoms with Gasteiger partial charge in [0.2, 0.25) is 0 Å². The first-order valence-electron chi connectivity index (χ1n) is 11.4. The lowest BCUT2D eigenvalue weighted by Crippen LogP contribution is -2.38. The average molecular weight is 457 g/mol. The number of hydrogen-bond acceptors (Lipinski definition) is 5. The molecule has 0 spiro atoms. The fraction of sp³-hybridized carbons (Fsp3) is 0.269. The van der Waals surface area contributed by atoms with Crippen LogP contribution in [0.2, 0.25) is 0 Å². The molecule has 2 aliphatic rings. The first-order valence-corrected chi connectivity index (χ1v) is 11.4. The fourth-order valence-electron chi connectivity index (χ4n) is 4.51. The van der Waals surface area contributed by atoms with E-state index < -0.39 is 0 Å². The lowest BCUT2D eigenvalue weighted by atomic mass is 9.98. The van der Waals surface area contributed by atoms with Gasteiger partial charge in [-0.3, -0.25) is 20.1 Å². The Morgan fingerprint density at radius 1 is 1.12 bits per heavy atom. The van der Waals surface area contributed by atoms with Gasteiger partial charge in [-0.25, -0.2) is 9.78 Å². The number of aliphatic imine (C=N–C) groups is 1. The summed E-state index contributed by atoms with van der Waals surface area (Å²) in [6.45, 7) is 12.6. The number of imidazole rings is 1. The second kappa shape index (κ2) is 9.62. The Balaban J connectivity index is 1.51. The van der Waals surface area contributed by atoms with Gasteiger partial charge in [0.05, 0.1) is 37.1 Å². The van der Waals surface area contributed by atoms with Crippen LogP contribution in [0.5, 0.6) is 0 Å². The number of carbonyl (C=O) groups is 1. The summed E-state index contributed by atoms with van der Waals surface area (Å²) in [6.07, 6.45) is 5.26. The highest BCUT2D eigenvalue weighted by atomic mass is 16.5. The quantitative estimate of drug-likeness (QED) is 0.566. The summed E-state index contributed by atoms with van der Waals surface area (Å²) in [6, 6.07) is 11.3. The summed E-state index contributed by atoms with van der Waals surface area (Å²) < 4.78 is 5.43. The molecule has 8 nitrogen and oxygen atoms in total. The third kappa shape index (κ3) is 4.25. The smallest absolute Gasteiger partial charge is 0.328 e. The molecule has 2 aliphatic heterocycles. The highest BCUT2D eigenvalue weighted by Crippen LogP contribution is 2.34. The molecule has 1 aromatic heterocycles. The van der Waals surface area contributed by atoms with Crippen LogP contribution in [-0.2, 0) is 4.74 Å². The number of benzene rings is 2. The molecule has 3 heterocycles. The van der Waals surface area contributed by atoms with E-state index in [0.29, 0.717) is 12.4 Å². The number of nitrogens with one attached hydrogen (secondary N) is 2. The topological polar surface area (TPSA) is 85.8 Å². The molecule has 2 amide bonds. The van der Waals surface area contributed by atoms with Crippen molar-refractivity contribution in [2.45, 2.75) is 6.04 Å². The van der Waals surface area contributed by atoms with Gasteiger partial charge in [0, 0.05) is 25.3 Å². The number of morpholine rings is 1. The van der Waals surface area contributed by atoms with Crippen molar-refractivity contribution >= 4 is 40.7 Å². The minimum atomic E-state index is -0.380. The van der Waals surface area contributed by atoms with Crippen molar-refractivity contribution in [2.24, 2.45) is 4.99 Å². The maximum atomic E-state index is 13.2. The van der Waals surface area contributed by atoms with Gasteiger partial charge in [0.15, 0.2) is 0 Å². The third-order valence-corrected chi connectivity index (χ3v) is 6.32. The Hall–Kier alpha value is -3.75. The fourth-order valence-corrected chi connectivity index (χ4v) is 4.51. The van der Waals surface area contributed by atoms with Gasteiger partial charge in [0.25, 0.3) is 0 Å². The highest BCUT2D eigenvalue weighted by Gasteiger charge is 2.39. The summed E-state index contributed by atoms with van der Waals surface area (Å²) in [7, 11) is 0. The van der Waals surface area contributed by atoms with Crippen LogP contribution in [0.4, 0.5) is 10.5 Å². The maximum absolute atomic E-state index is 13.2. The Labute approximate surface area is 198 Å². The van der Waals surface area contributed by atoms with Crippen molar-refractivity contribution in [2.75, 3.05) is 44.3 Å². The van der Waals surface area contributed by atoms with Gasteiger partial charge in [0.1, 0.15) is 11.9 Å². The number of carbonyl (C=O) groups excluding carboxylic acids is 1. The summed E-state index contributed by atoms with van der Waals surface area (Å²) >= 11 is 0. The van der Waals surface area contributed by atoms with Crippen LogP contribution in [0.15, 0.2) is 60.9 Å². The summed E-state index contributed by atoms with van der Waals surface area (Å²) in [5.74, 6) is 0.643. The van der Waals surface area contributed by atoms with Crippen LogP contribution in [0.1, 0.15) is 22.7 Å². The van der Waals surface area contributed by atoms with E-state index in [2.05, 4.69) is 33.3 Å². The minimum Gasteiger partial charge on any atom is -0.379 e. The summed E-state index contributed by atoms with van der Waals surface area (Å²) in [5, 5.41) is 3.02. The zero-order chi connectivity index (χ0) is 23.5. The molecule has 2 aromatic carbocycles. The van der Waals surface area contributed by atoms with Crippen molar-refractivity contribution < 1.29 is 9.53 Å². The molecule has 34 heavy (non-hydrogen) atoms. The molecule has 5 rings (SSSR count). The van der Waals surface area contributed by atoms with E-state index in [1.807, 2.05) is 36.4 Å². The lowest BCUT2D eigenvalue weighted by Gasteiger charge is -2.26. The molecule has 0 bridgehead atoms. The largest absolute Gasteiger partial charge is 0.379 e. The van der Waals surface area contributed by atoms with Crippen molar-refractivity contribution in [3.05, 3.63) is 72.6 Å². The second-order valence-corrected chi connectivity index (χ2v) is 8.32. The number of aromatic amines is 1. The van der Waals surface area contributed by atoms with E-state index in [9.17, 15) is 4.79 Å². The molecule has 1 unspecified atom stereocenters. The Bertz CT molecular complexity index is 1260. The molecule has 3 aromatic rings. The number of hydrogen-bond donors (Lipinski definition) is 2. The monoisotopic (exact) mass is 456 g/mol.